The quantitative estimate of drug-likeness (QED) is 0.860. The Hall–Kier alpha value is -1.88. The Labute approximate surface area is 108 Å². The van der Waals surface area contributed by atoms with Crippen molar-refractivity contribution < 1.29 is 14.3 Å². The lowest BCUT2D eigenvalue weighted by Crippen LogP contribution is -1.98. The average Bonchev–Trinajstić information content (AvgIpc) is 2.37. The Morgan fingerprint density at radius 3 is 2.83 bits per heavy atom. The molecule has 92 valence electrons. The monoisotopic (exact) mass is 263 g/mol. The maximum absolute atomic E-state index is 13.2. The second kappa shape index (κ2) is 5.64. The Morgan fingerprint density at radius 2 is 2.17 bits per heavy atom. The summed E-state index contributed by atoms with van der Waals surface area (Å²) in [5.41, 5.74) is 0.592. The van der Waals surface area contributed by atoms with Crippen molar-refractivity contribution in [1.29, 1.82) is 0 Å². The van der Waals surface area contributed by atoms with Gasteiger partial charge in [-0.05, 0) is 35.9 Å². The summed E-state index contributed by atoms with van der Waals surface area (Å²) in [7, 11) is 0. The summed E-state index contributed by atoms with van der Waals surface area (Å²) >= 11 is 1.43. The third-order valence-corrected chi connectivity index (χ3v) is 3.24. The summed E-state index contributed by atoms with van der Waals surface area (Å²) in [4.78, 5) is 14.9. The first-order chi connectivity index (χ1) is 8.65. The molecule has 0 saturated heterocycles. The molecule has 1 heterocycles. The molecule has 0 spiro atoms. The van der Waals surface area contributed by atoms with Crippen molar-refractivity contribution in [1.82, 2.24) is 4.98 Å². The number of thioether (sulfide) groups is 1. The molecule has 1 aromatic carbocycles. The lowest BCUT2D eigenvalue weighted by molar-refractivity contribution is 0.0696. The van der Waals surface area contributed by atoms with Crippen LogP contribution in [0.15, 0.2) is 47.6 Å². The highest BCUT2D eigenvalue weighted by Crippen LogP contribution is 2.21. The molecule has 2 aromatic rings. The van der Waals surface area contributed by atoms with Crippen LogP contribution in [0, 0.1) is 5.82 Å². The molecule has 5 heteroatoms. The lowest BCUT2D eigenvalue weighted by atomic mass is 10.1. The second-order valence-corrected chi connectivity index (χ2v) is 4.61. The van der Waals surface area contributed by atoms with Gasteiger partial charge in [0.25, 0.3) is 0 Å². The van der Waals surface area contributed by atoms with Gasteiger partial charge in [-0.15, -0.1) is 11.8 Å². The molecule has 0 fully saturated rings. The Kier molecular flexibility index (Phi) is 3.94. The molecule has 18 heavy (non-hydrogen) atoms. The zero-order valence-corrected chi connectivity index (χ0v) is 10.2. The van der Waals surface area contributed by atoms with Gasteiger partial charge in [-0.3, -0.25) is 0 Å². The van der Waals surface area contributed by atoms with Crippen LogP contribution in [0.25, 0.3) is 0 Å². The summed E-state index contributed by atoms with van der Waals surface area (Å²) in [5, 5.41) is 9.65. The highest BCUT2D eigenvalue weighted by molar-refractivity contribution is 7.98. The number of carboxylic acid groups (broad SMARTS) is 1. The van der Waals surface area contributed by atoms with Gasteiger partial charge in [0.2, 0.25) is 0 Å². The van der Waals surface area contributed by atoms with Gasteiger partial charge in [0.1, 0.15) is 5.82 Å². The van der Waals surface area contributed by atoms with Crippen molar-refractivity contribution in [2.45, 2.75) is 10.8 Å². The molecule has 0 atom stereocenters. The lowest BCUT2D eigenvalue weighted by Gasteiger charge is -2.03. The number of nitrogens with zero attached hydrogens (tertiary/aromatic N) is 1. The molecule has 0 amide bonds. The van der Waals surface area contributed by atoms with Gasteiger partial charge in [0.05, 0.1) is 10.6 Å². The number of halogens is 1. The summed E-state index contributed by atoms with van der Waals surface area (Å²) in [6.07, 6.45) is 1.68. The average molecular weight is 263 g/mol. The Balaban J connectivity index is 2.12. The maximum atomic E-state index is 13.2. The van der Waals surface area contributed by atoms with E-state index in [4.69, 9.17) is 5.11 Å². The number of rotatable bonds is 4. The highest BCUT2D eigenvalue weighted by atomic mass is 32.2. The predicted molar refractivity (Wildman–Crippen MR) is 67.2 cm³/mol. The molecule has 0 unspecified atom stereocenters. The van der Waals surface area contributed by atoms with E-state index in [1.54, 1.807) is 6.20 Å². The zero-order chi connectivity index (χ0) is 13.0. The summed E-state index contributed by atoms with van der Waals surface area (Å²) in [6, 6.07) is 9.35. The van der Waals surface area contributed by atoms with Crippen molar-refractivity contribution in [3.8, 4) is 0 Å². The SMILES string of the molecule is O=C(O)c1cc(F)cc(CSc2ccccn2)c1. The van der Waals surface area contributed by atoms with Crippen LogP contribution < -0.4 is 0 Å². The molecule has 0 radical (unpaired) electrons. The van der Waals surface area contributed by atoms with Crippen molar-refractivity contribution in [2.24, 2.45) is 0 Å². The van der Waals surface area contributed by atoms with Crippen molar-refractivity contribution >= 4 is 17.7 Å². The van der Waals surface area contributed by atoms with Gasteiger partial charge in [-0.1, -0.05) is 6.07 Å². The van der Waals surface area contributed by atoms with Crippen molar-refractivity contribution in [3.05, 3.63) is 59.5 Å². The molecule has 2 rings (SSSR count). The maximum Gasteiger partial charge on any atom is 0.335 e. The molecular weight excluding hydrogens is 253 g/mol. The first-order valence-corrected chi connectivity index (χ1v) is 6.20. The molecule has 0 bridgehead atoms. The molecule has 0 aliphatic rings. The number of aromatic carboxylic acids is 1. The van der Waals surface area contributed by atoms with Gasteiger partial charge in [0.15, 0.2) is 0 Å². The number of hydrogen-bond donors (Lipinski definition) is 1. The van der Waals surface area contributed by atoms with Crippen molar-refractivity contribution in [2.75, 3.05) is 0 Å². The molecule has 1 aromatic heterocycles. The van der Waals surface area contributed by atoms with Gasteiger partial charge in [-0.2, -0.15) is 0 Å². The third-order valence-electron chi connectivity index (χ3n) is 2.23. The van der Waals surface area contributed by atoms with E-state index in [0.717, 1.165) is 11.1 Å². The molecule has 0 aliphatic carbocycles. The first kappa shape index (κ1) is 12.6. The van der Waals surface area contributed by atoms with Crippen LogP contribution >= 0.6 is 11.8 Å². The van der Waals surface area contributed by atoms with E-state index < -0.39 is 11.8 Å². The van der Waals surface area contributed by atoms with E-state index in [1.165, 1.54) is 23.9 Å². The zero-order valence-electron chi connectivity index (χ0n) is 9.34. The van der Waals surface area contributed by atoms with Crippen LogP contribution in [0.2, 0.25) is 0 Å². The molecule has 1 N–H and O–H groups in total. The van der Waals surface area contributed by atoms with E-state index in [0.29, 0.717) is 11.3 Å². The number of pyridine rings is 1. The molecular formula is C13H10FNO2S. The minimum Gasteiger partial charge on any atom is -0.478 e. The molecule has 0 saturated carbocycles. The number of aromatic nitrogens is 1. The summed E-state index contributed by atoms with van der Waals surface area (Å²) in [6.45, 7) is 0. The van der Waals surface area contributed by atoms with Gasteiger partial charge in [-0.25, -0.2) is 14.2 Å². The van der Waals surface area contributed by atoms with E-state index in [-0.39, 0.29) is 5.56 Å². The van der Waals surface area contributed by atoms with Gasteiger partial charge in [0, 0.05) is 11.9 Å². The third kappa shape index (κ3) is 3.30. The van der Waals surface area contributed by atoms with Gasteiger partial charge < -0.3 is 5.11 Å². The van der Waals surface area contributed by atoms with Crippen LogP contribution in [-0.4, -0.2) is 16.1 Å². The Bertz CT molecular complexity index is 560. The number of benzene rings is 1. The molecule has 3 nitrogen and oxygen atoms in total. The van der Waals surface area contributed by atoms with Crippen LogP contribution in [0.1, 0.15) is 15.9 Å². The number of carbonyl (C=O) groups is 1. The highest BCUT2D eigenvalue weighted by Gasteiger charge is 2.07. The molecule has 0 aliphatic heterocycles. The fraction of sp³-hybridized carbons (Fsp3) is 0.0769. The van der Waals surface area contributed by atoms with Crippen LogP contribution in [0.3, 0.4) is 0 Å². The summed E-state index contributed by atoms with van der Waals surface area (Å²) < 4.78 is 13.2. The van der Waals surface area contributed by atoms with Crippen LogP contribution in [0.5, 0.6) is 0 Å². The van der Waals surface area contributed by atoms with E-state index in [2.05, 4.69) is 4.98 Å². The number of carboxylic acids is 1. The summed E-state index contributed by atoms with van der Waals surface area (Å²) in [5.74, 6) is -1.18. The minimum atomic E-state index is -1.13. The smallest absolute Gasteiger partial charge is 0.335 e. The fourth-order valence-corrected chi connectivity index (χ4v) is 2.24. The topological polar surface area (TPSA) is 50.2 Å². The normalized spacial score (nSPS) is 10.3. The first-order valence-electron chi connectivity index (χ1n) is 5.22. The van der Waals surface area contributed by atoms with E-state index in [1.807, 2.05) is 18.2 Å². The van der Waals surface area contributed by atoms with Gasteiger partial charge >= 0.3 is 5.97 Å². The standard InChI is InChI=1S/C13H10FNO2S/c14-11-6-9(5-10(7-11)13(16)17)8-18-12-3-1-2-4-15-12/h1-7H,8H2,(H,16,17). The van der Waals surface area contributed by atoms with Crippen LogP contribution in [-0.2, 0) is 5.75 Å². The largest absolute Gasteiger partial charge is 0.478 e. The van der Waals surface area contributed by atoms with E-state index in [9.17, 15) is 9.18 Å². The predicted octanol–water partition coefficient (Wildman–Crippen LogP) is 3.21. The van der Waals surface area contributed by atoms with Crippen LogP contribution in [0.4, 0.5) is 4.39 Å². The fourth-order valence-electron chi connectivity index (χ4n) is 1.45. The minimum absolute atomic E-state index is 0.0355. The van der Waals surface area contributed by atoms with Crippen molar-refractivity contribution in [3.63, 3.8) is 0 Å². The van der Waals surface area contributed by atoms with E-state index >= 15 is 0 Å². The number of hydrogen-bond acceptors (Lipinski definition) is 3. The second-order valence-electron chi connectivity index (χ2n) is 3.61. The Morgan fingerprint density at radius 1 is 1.33 bits per heavy atom.